The zero-order valence-electron chi connectivity index (χ0n) is 11.8. The molecule has 0 aliphatic heterocycles. The highest BCUT2D eigenvalue weighted by Gasteiger charge is 2.02. The topological polar surface area (TPSA) is 30.8 Å². The van der Waals surface area contributed by atoms with Crippen molar-refractivity contribution in [2.24, 2.45) is 4.99 Å². The van der Waals surface area contributed by atoms with Gasteiger partial charge >= 0.3 is 0 Å². The fourth-order valence-electron chi connectivity index (χ4n) is 1.71. The Morgan fingerprint density at radius 1 is 1.19 bits per heavy atom. The fourth-order valence-corrected chi connectivity index (χ4v) is 1.89. The van der Waals surface area contributed by atoms with E-state index in [0.29, 0.717) is 11.6 Å². The van der Waals surface area contributed by atoms with Crippen LogP contribution >= 0.6 is 11.6 Å². The van der Waals surface area contributed by atoms with E-state index < -0.39 is 0 Å². The maximum absolute atomic E-state index is 6.02. The molecule has 0 N–H and O–H groups in total. The van der Waals surface area contributed by atoms with Crippen molar-refractivity contribution in [2.45, 2.75) is 0 Å². The largest absolute Gasteiger partial charge is 0.497 e. The van der Waals surface area contributed by atoms with Crippen molar-refractivity contribution in [1.29, 1.82) is 0 Å². The highest BCUT2D eigenvalue weighted by Crippen LogP contribution is 2.23. The van der Waals surface area contributed by atoms with Gasteiger partial charge in [-0.05, 0) is 42.5 Å². The lowest BCUT2D eigenvalue weighted by atomic mass is 10.2. The summed E-state index contributed by atoms with van der Waals surface area (Å²) in [7, 11) is 1.63. The van der Waals surface area contributed by atoms with Gasteiger partial charge in [0.25, 0.3) is 0 Å². The molecule has 0 saturated carbocycles. The minimum atomic E-state index is 0.436. The Hall–Kier alpha value is -2.26. The summed E-state index contributed by atoms with van der Waals surface area (Å²) < 4.78 is 10.7. The molecule has 21 heavy (non-hydrogen) atoms. The van der Waals surface area contributed by atoms with Gasteiger partial charge in [-0.15, -0.1) is 0 Å². The van der Waals surface area contributed by atoms with Crippen LogP contribution in [-0.2, 0) is 0 Å². The Morgan fingerprint density at radius 3 is 2.62 bits per heavy atom. The van der Waals surface area contributed by atoms with Crippen LogP contribution in [0.5, 0.6) is 11.5 Å². The predicted molar refractivity (Wildman–Crippen MR) is 87.4 cm³/mol. The molecule has 0 saturated heterocycles. The van der Waals surface area contributed by atoms with E-state index in [1.54, 1.807) is 25.5 Å². The van der Waals surface area contributed by atoms with Crippen LogP contribution in [0.15, 0.2) is 60.1 Å². The van der Waals surface area contributed by atoms with E-state index in [2.05, 4.69) is 11.6 Å². The summed E-state index contributed by atoms with van der Waals surface area (Å²) in [5.41, 5.74) is 1.64. The number of halogens is 1. The molecule has 0 aliphatic carbocycles. The van der Waals surface area contributed by atoms with Crippen LogP contribution < -0.4 is 9.47 Å². The molecule has 0 aromatic heterocycles. The standard InChI is InChI=1S/C17H16ClNO2/c1-3-10-21-17-9-4-14(18)11-13(17)12-19-15-5-7-16(20-2)8-6-15/h3-9,11-12H,1,10H2,2H3. The third kappa shape index (κ3) is 4.36. The van der Waals surface area contributed by atoms with Gasteiger partial charge in [-0.25, -0.2) is 0 Å². The van der Waals surface area contributed by atoms with E-state index in [4.69, 9.17) is 21.1 Å². The van der Waals surface area contributed by atoms with Crippen molar-refractivity contribution in [3.05, 3.63) is 65.7 Å². The molecule has 0 unspecified atom stereocenters. The number of nitrogens with zero attached hydrogens (tertiary/aromatic N) is 1. The summed E-state index contributed by atoms with van der Waals surface area (Å²) in [6, 6.07) is 12.9. The Kier molecular flexibility index (Phi) is 5.41. The number of benzene rings is 2. The van der Waals surface area contributed by atoms with Gasteiger partial charge in [0.2, 0.25) is 0 Å². The van der Waals surface area contributed by atoms with Crippen molar-refractivity contribution < 1.29 is 9.47 Å². The van der Waals surface area contributed by atoms with Crippen LogP contribution in [0.2, 0.25) is 5.02 Å². The quantitative estimate of drug-likeness (QED) is 0.573. The highest BCUT2D eigenvalue weighted by atomic mass is 35.5. The Morgan fingerprint density at radius 2 is 1.95 bits per heavy atom. The predicted octanol–water partition coefficient (Wildman–Crippen LogP) is 4.66. The molecule has 0 fully saturated rings. The van der Waals surface area contributed by atoms with Gasteiger partial charge in [0.05, 0.1) is 12.8 Å². The first-order chi connectivity index (χ1) is 10.2. The molecule has 2 aromatic rings. The van der Waals surface area contributed by atoms with E-state index in [1.807, 2.05) is 36.4 Å². The third-order valence-electron chi connectivity index (χ3n) is 2.75. The van der Waals surface area contributed by atoms with E-state index in [0.717, 1.165) is 22.7 Å². The smallest absolute Gasteiger partial charge is 0.128 e. The Balaban J connectivity index is 2.21. The molecular formula is C17H16ClNO2. The molecule has 0 radical (unpaired) electrons. The lowest BCUT2D eigenvalue weighted by molar-refractivity contribution is 0.363. The van der Waals surface area contributed by atoms with E-state index in [9.17, 15) is 0 Å². The summed E-state index contributed by atoms with van der Waals surface area (Å²) in [6.45, 7) is 4.07. The van der Waals surface area contributed by atoms with Gasteiger partial charge < -0.3 is 9.47 Å². The minimum Gasteiger partial charge on any atom is -0.497 e. The molecule has 0 bridgehead atoms. The lowest BCUT2D eigenvalue weighted by Gasteiger charge is -2.07. The van der Waals surface area contributed by atoms with Crippen LogP contribution in [0, 0.1) is 0 Å². The molecule has 3 nitrogen and oxygen atoms in total. The summed E-state index contributed by atoms with van der Waals surface area (Å²) in [5, 5.41) is 0.636. The Labute approximate surface area is 129 Å². The molecule has 2 rings (SSSR count). The van der Waals surface area contributed by atoms with E-state index >= 15 is 0 Å². The van der Waals surface area contributed by atoms with Crippen molar-refractivity contribution >= 4 is 23.5 Å². The molecule has 0 heterocycles. The average molecular weight is 302 g/mol. The molecule has 108 valence electrons. The second kappa shape index (κ2) is 7.50. The van der Waals surface area contributed by atoms with Gasteiger partial charge in [0.1, 0.15) is 18.1 Å². The first kappa shape index (κ1) is 15.1. The third-order valence-corrected chi connectivity index (χ3v) is 2.99. The zero-order valence-corrected chi connectivity index (χ0v) is 12.5. The fraction of sp³-hybridized carbons (Fsp3) is 0.118. The molecule has 0 amide bonds. The summed E-state index contributed by atoms with van der Waals surface area (Å²) in [6.07, 6.45) is 3.42. The summed E-state index contributed by atoms with van der Waals surface area (Å²) in [5.74, 6) is 1.52. The summed E-state index contributed by atoms with van der Waals surface area (Å²) >= 11 is 6.02. The number of ether oxygens (including phenoxy) is 2. The molecule has 4 heteroatoms. The lowest BCUT2D eigenvalue weighted by Crippen LogP contribution is -1.96. The SMILES string of the molecule is C=CCOc1ccc(Cl)cc1C=Nc1ccc(OC)cc1. The van der Waals surface area contributed by atoms with Crippen LogP contribution in [0.4, 0.5) is 5.69 Å². The molecule has 0 aliphatic rings. The number of rotatable bonds is 6. The van der Waals surface area contributed by atoms with Gasteiger partial charge in [-0.2, -0.15) is 0 Å². The van der Waals surface area contributed by atoms with Crippen molar-refractivity contribution in [2.75, 3.05) is 13.7 Å². The maximum atomic E-state index is 6.02. The minimum absolute atomic E-state index is 0.436. The van der Waals surface area contributed by atoms with Gasteiger partial charge in [0.15, 0.2) is 0 Å². The molecule has 0 spiro atoms. The van der Waals surface area contributed by atoms with Crippen LogP contribution in [0.1, 0.15) is 5.56 Å². The van der Waals surface area contributed by atoms with E-state index in [-0.39, 0.29) is 0 Å². The molecule has 2 aromatic carbocycles. The zero-order chi connectivity index (χ0) is 15.1. The highest BCUT2D eigenvalue weighted by molar-refractivity contribution is 6.30. The van der Waals surface area contributed by atoms with Crippen molar-refractivity contribution in [1.82, 2.24) is 0 Å². The molecule has 0 atom stereocenters. The van der Waals surface area contributed by atoms with Crippen LogP contribution in [0.25, 0.3) is 0 Å². The second-order valence-electron chi connectivity index (χ2n) is 4.24. The van der Waals surface area contributed by atoms with E-state index in [1.165, 1.54) is 0 Å². The molecular weight excluding hydrogens is 286 g/mol. The first-order valence-corrected chi connectivity index (χ1v) is 6.82. The monoisotopic (exact) mass is 301 g/mol. The number of hydrogen-bond donors (Lipinski definition) is 0. The normalized spacial score (nSPS) is 10.6. The Bertz CT molecular complexity index is 636. The van der Waals surface area contributed by atoms with Crippen molar-refractivity contribution in [3.63, 3.8) is 0 Å². The average Bonchev–Trinajstić information content (AvgIpc) is 2.52. The second-order valence-corrected chi connectivity index (χ2v) is 4.67. The van der Waals surface area contributed by atoms with Crippen LogP contribution in [0.3, 0.4) is 0 Å². The van der Waals surface area contributed by atoms with Gasteiger partial charge in [-0.3, -0.25) is 4.99 Å². The first-order valence-electron chi connectivity index (χ1n) is 6.44. The van der Waals surface area contributed by atoms with Crippen LogP contribution in [-0.4, -0.2) is 19.9 Å². The van der Waals surface area contributed by atoms with Crippen molar-refractivity contribution in [3.8, 4) is 11.5 Å². The van der Waals surface area contributed by atoms with Gasteiger partial charge in [-0.1, -0.05) is 24.3 Å². The summed E-state index contributed by atoms with van der Waals surface area (Å²) in [4.78, 5) is 4.42. The number of methoxy groups -OCH3 is 1. The number of aliphatic imine (C=N–C) groups is 1. The maximum Gasteiger partial charge on any atom is 0.128 e. The number of hydrogen-bond acceptors (Lipinski definition) is 3. The van der Waals surface area contributed by atoms with Gasteiger partial charge in [0, 0.05) is 16.8 Å².